The number of amides is 1. The molecule has 0 aromatic heterocycles. The van der Waals surface area contributed by atoms with E-state index in [1.807, 2.05) is 18.2 Å². The highest BCUT2D eigenvalue weighted by Gasteiger charge is 2.41. The molecule has 0 spiro atoms. The zero-order valence-corrected chi connectivity index (χ0v) is 20.8. The number of benzene rings is 2. The van der Waals surface area contributed by atoms with Gasteiger partial charge < -0.3 is 5.73 Å². The van der Waals surface area contributed by atoms with Gasteiger partial charge >= 0.3 is 0 Å². The summed E-state index contributed by atoms with van der Waals surface area (Å²) in [4.78, 5) is 13.9. The lowest BCUT2D eigenvalue weighted by Gasteiger charge is -2.40. The van der Waals surface area contributed by atoms with Gasteiger partial charge in [0.15, 0.2) is 0 Å². The quantitative estimate of drug-likeness (QED) is 0.566. The fourth-order valence-corrected chi connectivity index (χ4v) is 6.52. The van der Waals surface area contributed by atoms with Gasteiger partial charge in [-0.25, -0.2) is 8.78 Å². The highest BCUT2D eigenvalue weighted by atomic mass is 32.2. The van der Waals surface area contributed by atoms with E-state index in [-0.39, 0.29) is 30.7 Å². The summed E-state index contributed by atoms with van der Waals surface area (Å²) in [6.45, 7) is 0.236. The van der Waals surface area contributed by atoms with Crippen LogP contribution in [0.3, 0.4) is 0 Å². The molecule has 2 aliphatic heterocycles. The molecule has 2 aromatic rings. The van der Waals surface area contributed by atoms with Crippen LogP contribution in [-0.2, 0) is 16.8 Å². The molecule has 2 heterocycles. The van der Waals surface area contributed by atoms with Gasteiger partial charge in [0.25, 0.3) is 10.2 Å². The van der Waals surface area contributed by atoms with E-state index in [9.17, 15) is 22.0 Å². The maximum absolute atomic E-state index is 14.3. The zero-order valence-electron chi connectivity index (χ0n) is 20.0. The molecule has 2 atom stereocenters. The normalized spacial score (nSPS) is 22.7. The number of fused-ring (bicyclic) bond motifs is 2. The number of hydrogen-bond donors (Lipinski definition) is 1. The Morgan fingerprint density at radius 3 is 2.23 bits per heavy atom. The van der Waals surface area contributed by atoms with Crippen LogP contribution in [0.15, 0.2) is 42.5 Å². The molecule has 0 saturated carbocycles. The van der Waals surface area contributed by atoms with Crippen molar-refractivity contribution in [2.75, 3.05) is 27.2 Å². The molecule has 2 saturated heterocycles. The fraction of sp³-hybridized carbons (Fsp3) is 0.480. The van der Waals surface area contributed by atoms with E-state index in [0.29, 0.717) is 18.0 Å². The van der Waals surface area contributed by atoms with Crippen LogP contribution in [0.2, 0.25) is 0 Å². The molecule has 2 aliphatic rings. The first kappa shape index (κ1) is 25.7. The molecule has 2 aromatic carbocycles. The Morgan fingerprint density at radius 2 is 1.66 bits per heavy atom. The molecule has 2 fully saturated rings. The first-order valence-electron chi connectivity index (χ1n) is 11.8. The SMILES string of the molecule is CN(C)S(=O)(=O)N(CCN1C2CCC1CC(c1cccc(C(N)=O)c1)C2)Cc1c(F)cccc1F. The average Bonchev–Trinajstić information content (AvgIpc) is 3.04. The lowest BCUT2D eigenvalue weighted by atomic mass is 9.84. The molecule has 10 heteroatoms. The smallest absolute Gasteiger partial charge is 0.281 e. The summed E-state index contributed by atoms with van der Waals surface area (Å²) in [5, 5.41) is 0. The minimum Gasteiger partial charge on any atom is -0.366 e. The minimum absolute atomic E-state index is 0.128. The zero-order chi connectivity index (χ0) is 25.3. The summed E-state index contributed by atoms with van der Waals surface area (Å²) in [6.07, 6.45) is 3.83. The maximum atomic E-state index is 14.3. The average molecular weight is 507 g/mol. The fourth-order valence-electron chi connectivity index (χ4n) is 5.45. The van der Waals surface area contributed by atoms with Crippen LogP contribution < -0.4 is 5.73 Å². The standard InChI is InChI=1S/C25H32F2N4O3S/c1-29(2)35(33,34)30(16-22-23(26)7-4-8-24(22)27)11-12-31-20-9-10-21(31)15-19(14-20)17-5-3-6-18(13-17)25(28)32/h3-8,13,19-21H,9-12,14-16H2,1-2H3,(H2,28,32). The van der Waals surface area contributed by atoms with Crippen molar-refractivity contribution < 1.29 is 22.0 Å². The van der Waals surface area contributed by atoms with Crippen molar-refractivity contribution in [1.29, 1.82) is 0 Å². The molecular weight excluding hydrogens is 474 g/mol. The van der Waals surface area contributed by atoms with E-state index in [1.165, 1.54) is 20.2 Å². The van der Waals surface area contributed by atoms with Crippen LogP contribution in [0, 0.1) is 11.6 Å². The summed E-state index contributed by atoms with van der Waals surface area (Å²) < 4.78 is 56.8. The molecule has 4 rings (SSSR count). The van der Waals surface area contributed by atoms with Crippen LogP contribution in [0.1, 0.15) is 53.1 Å². The third-order valence-corrected chi connectivity index (χ3v) is 9.21. The number of piperidine rings is 1. The van der Waals surface area contributed by atoms with E-state index in [1.54, 1.807) is 6.07 Å². The molecular formula is C25H32F2N4O3S. The highest BCUT2D eigenvalue weighted by molar-refractivity contribution is 7.86. The number of halogens is 2. The largest absolute Gasteiger partial charge is 0.366 e. The van der Waals surface area contributed by atoms with Crippen LogP contribution in [-0.4, -0.2) is 67.1 Å². The monoisotopic (exact) mass is 506 g/mol. The van der Waals surface area contributed by atoms with Crippen molar-refractivity contribution >= 4 is 16.1 Å². The third-order valence-electron chi connectivity index (χ3n) is 7.32. The van der Waals surface area contributed by atoms with E-state index in [0.717, 1.165) is 52.0 Å². The van der Waals surface area contributed by atoms with Gasteiger partial charge in [-0.3, -0.25) is 9.69 Å². The number of primary amides is 1. The first-order chi connectivity index (χ1) is 16.6. The van der Waals surface area contributed by atoms with Gasteiger partial charge in [-0.2, -0.15) is 17.0 Å². The van der Waals surface area contributed by atoms with Crippen molar-refractivity contribution in [1.82, 2.24) is 13.5 Å². The molecule has 0 radical (unpaired) electrons. The first-order valence-corrected chi connectivity index (χ1v) is 13.2. The van der Waals surface area contributed by atoms with E-state index in [2.05, 4.69) is 4.90 Å². The van der Waals surface area contributed by atoms with E-state index >= 15 is 0 Å². The molecule has 2 unspecified atom stereocenters. The predicted molar refractivity (Wildman–Crippen MR) is 130 cm³/mol. The van der Waals surface area contributed by atoms with Gasteiger partial charge in [0.05, 0.1) is 0 Å². The summed E-state index contributed by atoms with van der Waals surface area (Å²) >= 11 is 0. The number of rotatable bonds is 9. The lowest BCUT2D eigenvalue weighted by Crippen LogP contribution is -2.48. The molecule has 2 N–H and O–H groups in total. The molecule has 0 aliphatic carbocycles. The van der Waals surface area contributed by atoms with Gasteiger partial charge in [-0.1, -0.05) is 18.2 Å². The Balaban J connectivity index is 1.48. The van der Waals surface area contributed by atoms with Crippen LogP contribution in [0.4, 0.5) is 8.78 Å². The van der Waals surface area contributed by atoms with Gasteiger partial charge in [-0.05, 0) is 61.4 Å². The number of carbonyl (C=O) groups is 1. The van der Waals surface area contributed by atoms with Crippen molar-refractivity contribution in [2.24, 2.45) is 5.73 Å². The highest BCUT2D eigenvalue weighted by Crippen LogP contribution is 2.43. The van der Waals surface area contributed by atoms with Crippen LogP contribution >= 0.6 is 0 Å². The Hall–Kier alpha value is -2.40. The summed E-state index contributed by atoms with van der Waals surface area (Å²) in [6, 6.07) is 11.6. The maximum Gasteiger partial charge on any atom is 0.281 e. The van der Waals surface area contributed by atoms with Crippen molar-refractivity contribution in [3.8, 4) is 0 Å². The predicted octanol–water partition coefficient (Wildman–Crippen LogP) is 3.08. The number of carbonyl (C=O) groups excluding carboxylic acids is 1. The van der Waals surface area contributed by atoms with Gasteiger partial charge in [-0.15, -0.1) is 0 Å². The van der Waals surface area contributed by atoms with Gasteiger partial charge in [0.2, 0.25) is 5.91 Å². The number of hydrogen-bond acceptors (Lipinski definition) is 4. The molecule has 7 nitrogen and oxygen atoms in total. The summed E-state index contributed by atoms with van der Waals surface area (Å²) in [7, 11) is -1.07. The van der Waals surface area contributed by atoms with Crippen molar-refractivity contribution in [2.45, 2.75) is 50.2 Å². The Morgan fingerprint density at radius 1 is 1.06 bits per heavy atom. The molecule has 190 valence electrons. The second-order valence-corrected chi connectivity index (χ2v) is 11.7. The molecule has 2 bridgehead atoms. The number of nitrogens with two attached hydrogens (primary N) is 1. The Kier molecular flexibility index (Phi) is 7.56. The van der Waals surface area contributed by atoms with Gasteiger partial charge in [0.1, 0.15) is 11.6 Å². The van der Waals surface area contributed by atoms with Crippen LogP contribution in [0.5, 0.6) is 0 Å². The molecule has 35 heavy (non-hydrogen) atoms. The Labute approximate surface area is 205 Å². The van der Waals surface area contributed by atoms with Crippen LogP contribution in [0.25, 0.3) is 0 Å². The van der Waals surface area contributed by atoms with Crippen molar-refractivity contribution in [3.05, 3.63) is 70.8 Å². The summed E-state index contributed by atoms with van der Waals surface area (Å²) in [5.74, 6) is -1.66. The van der Waals surface area contributed by atoms with Gasteiger partial charge in [0, 0.05) is 56.9 Å². The topological polar surface area (TPSA) is 87.0 Å². The molecule has 1 amide bonds. The van der Waals surface area contributed by atoms with E-state index < -0.39 is 27.8 Å². The lowest BCUT2D eigenvalue weighted by molar-refractivity contribution is 0.0999. The van der Waals surface area contributed by atoms with Crippen molar-refractivity contribution in [3.63, 3.8) is 0 Å². The summed E-state index contributed by atoms with van der Waals surface area (Å²) in [5.41, 5.74) is 6.80. The Bertz CT molecular complexity index is 1160. The third kappa shape index (κ3) is 5.40. The second-order valence-electron chi connectivity index (χ2n) is 9.60. The second kappa shape index (κ2) is 10.3. The van der Waals surface area contributed by atoms with E-state index in [4.69, 9.17) is 5.73 Å². The minimum atomic E-state index is -3.89. The number of nitrogens with zero attached hydrogens (tertiary/aromatic N) is 3.